The molecule has 2 rings (SSSR count). The maximum absolute atomic E-state index is 5.19. The smallest absolute Gasteiger partial charge is 0.133 e. The first-order valence-corrected chi connectivity index (χ1v) is 5.91. The number of aromatic nitrogens is 2. The highest BCUT2D eigenvalue weighted by molar-refractivity contribution is 9.10. The van der Waals surface area contributed by atoms with E-state index in [1.165, 1.54) is 0 Å². The number of ether oxygens (including phenoxy) is 1. The Kier molecular flexibility index (Phi) is 3.29. The zero-order chi connectivity index (χ0) is 11.5. The lowest BCUT2D eigenvalue weighted by Gasteiger charge is -2.04. The monoisotopic (exact) mass is 280 g/mol. The largest absolute Gasteiger partial charge is 0.496 e. The molecule has 1 N–H and O–H groups in total. The lowest BCUT2D eigenvalue weighted by Crippen LogP contribution is -1.86. The molecule has 1 aromatic heterocycles. The van der Waals surface area contributed by atoms with Gasteiger partial charge in [-0.1, -0.05) is 6.92 Å². The summed E-state index contributed by atoms with van der Waals surface area (Å²) in [6, 6.07) is 5.97. The summed E-state index contributed by atoms with van der Waals surface area (Å²) in [5.74, 6) is 1.83. The average molecular weight is 281 g/mol. The molecule has 0 aliphatic heterocycles. The van der Waals surface area contributed by atoms with E-state index in [9.17, 15) is 0 Å². The Hall–Kier alpha value is -1.29. The summed E-state index contributed by atoms with van der Waals surface area (Å²) >= 11 is 3.47. The number of imidazole rings is 1. The molecule has 0 fully saturated rings. The third-order valence-corrected chi connectivity index (χ3v) is 3.05. The van der Waals surface area contributed by atoms with Crippen molar-refractivity contribution >= 4 is 15.9 Å². The molecule has 0 bridgehead atoms. The van der Waals surface area contributed by atoms with Crippen molar-refractivity contribution in [3.63, 3.8) is 0 Å². The molecule has 0 radical (unpaired) electrons. The van der Waals surface area contributed by atoms with Crippen LogP contribution < -0.4 is 4.74 Å². The molecule has 0 unspecified atom stereocenters. The number of nitrogens with zero attached hydrogens (tertiary/aromatic N) is 1. The first-order valence-electron chi connectivity index (χ1n) is 5.12. The molecular weight excluding hydrogens is 268 g/mol. The maximum Gasteiger partial charge on any atom is 0.133 e. The Labute approximate surface area is 103 Å². The van der Waals surface area contributed by atoms with Crippen LogP contribution in [0.2, 0.25) is 0 Å². The summed E-state index contributed by atoms with van der Waals surface area (Å²) in [5.41, 5.74) is 2.13. The third-order valence-electron chi connectivity index (χ3n) is 2.43. The molecule has 84 valence electrons. The van der Waals surface area contributed by atoms with Gasteiger partial charge in [-0.2, -0.15) is 0 Å². The lowest BCUT2D eigenvalue weighted by molar-refractivity contribution is 0.412. The highest BCUT2D eigenvalue weighted by atomic mass is 79.9. The number of hydrogen-bond acceptors (Lipinski definition) is 2. The Balaban J connectivity index is 2.37. The molecule has 1 aromatic carbocycles. The molecule has 0 spiro atoms. The summed E-state index contributed by atoms with van der Waals surface area (Å²) < 4.78 is 6.13. The second-order valence-corrected chi connectivity index (χ2v) is 4.30. The van der Waals surface area contributed by atoms with E-state index in [0.29, 0.717) is 0 Å². The van der Waals surface area contributed by atoms with E-state index in [0.717, 1.165) is 33.7 Å². The number of methoxy groups -OCH3 is 1. The molecule has 3 nitrogen and oxygen atoms in total. The second-order valence-electron chi connectivity index (χ2n) is 3.45. The fraction of sp³-hybridized carbons (Fsp3) is 0.250. The van der Waals surface area contributed by atoms with Crippen molar-refractivity contribution in [1.29, 1.82) is 0 Å². The lowest BCUT2D eigenvalue weighted by atomic mass is 10.2. The van der Waals surface area contributed by atoms with E-state index in [4.69, 9.17) is 4.74 Å². The number of rotatable bonds is 3. The number of H-pyrrole nitrogens is 1. The van der Waals surface area contributed by atoms with Crippen molar-refractivity contribution in [2.75, 3.05) is 7.11 Å². The molecule has 0 saturated heterocycles. The standard InChI is InChI=1S/C12H13BrN2O/c1-3-12-14-7-10(15-12)8-4-5-11(16-2)9(13)6-8/h4-7H,3H2,1-2H3,(H,14,15). The number of hydrogen-bond donors (Lipinski definition) is 1. The number of halogens is 1. The van der Waals surface area contributed by atoms with Crippen LogP contribution in [0.3, 0.4) is 0 Å². The van der Waals surface area contributed by atoms with Gasteiger partial charge < -0.3 is 9.72 Å². The van der Waals surface area contributed by atoms with E-state index in [2.05, 4.69) is 32.8 Å². The second kappa shape index (κ2) is 4.70. The predicted molar refractivity (Wildman–Crippen MR) is 67.7 cm³/mol. The van der Waals surface area contributed by atoms with Gasteiger partial charge in [-0.05, 0) is 34.1 Å². The minimum absolute atomic E-state index is 0.832. The number of aromatic amines is 1. The SMILES string of the molecule is CCc1ncc(-c2ccc(OC)c(Br)c2)[nH]1. The summed E-state index contributed by atoms with van der Waals surface area (Å²) in [7, 11) is 1.66. The van der Waals surface area contributed by atoms with Crippen LogP contribution in [0.25, 0.3) is 11.3 Å². The van der Waals surface area contributed by atoms with Gasteiger partial charge in [0.25, 0.3) is 0 Å². The van der Waals surface area contributed by atoms with Gasteiger partial charge in [0.05, 0.1) is 23.5 Å². The zero-order valence-electron chi connectivity index (χ0n) is 9.25. The fourth-order valence-electron chi connectivity index (χ4n) is 1.52. The van der Waals surface area contributed by atoms with Gasteiger partial charge in [-0.15, -0.1) is 0 Å². The number of nitrogens with one attached hydrogen (secondary N) is 1. The molecule has 0 amide bonds. The van der Waals surface area contributed by atoms with Gasteiger partial charge in [0, 0.05) is 12.0 Å². The van der Waals surface area contributed by atoms with E-state index >= 15 is 0 Å². The van der Waals surface area contributed by atoms with Crippen LogP contribution in [0.15, 0.2) is 28.9 Å². The molecule has 0 saturated carbocycles. The molecule has 16 heavy (non-hydrogen) atoms. The van der Waals surface area contributed by atoms with E-state index < -0.39 is 0 Å². The first-order chi connectivity index (χ1) is 7.74. The van der Waals surface area contributed by atoms with Crippen LogP contribution in [0.1, 0.15) is 12.7 Å². The van der Waals surface area contributed by atoms with Crippen molar-refractivity contribution < 1.29 is 4.74 Å². The van der Waals surface area contributed by atoms with Crippen molar-refractivity contribution in [2.24, 2.45) is 0 Å². The van der Waals surface area contributed by atoms with Gasteiger partial charge in [0.2, 0.25) is 0 Å². The van der Waals surface area contributed by atoms with Gasteiger partial charge in [0.1, 0.15) is 11.6 Å². The molecule has 2 aromatic rings. The fourth-order valence-corrected chi connectivity index (χ4v) is 2.06. The summed E-state index contributed by atoms with van der Waals surface area (Å²) in [4.78, 5) is 7.55. The number of benzene rings is 1. The van der Waals surface area contributed by atoms with Gasteiger partial charge in [-0.25, -0.2) is 4.98 Å². The average Bonchev–Trinajstić information content (AvgIpc) is 2.77. The van der Waals surface area contributed by atoms with Crippen LogP contribution in [0.4, 0.5) is 0 Å². The molecule has 0 aliphatic rings. The van der Waals surface area contributed by atoms with Crippen molar-refractivity contribution in [3.8, 4) is 17.0 Å². The van der Waals surface area contributed by atoms with Crippen LogP contribution >= 0.6 is 15.9 Å². The minimum Gasteiger partial charge on any atom is -0.496 e. The Morgan fingerprint density at radius 1 is 1.44 bits per heavy atom. The molecular formula is C12H13BrN2O. The Morgan fingerprint density at radius 3 is 2.81 bits per heavy atom. The molecule has 0 aliphatic carbocycles. The Bertz CT molecular complexity index is 494. The van der Waals surface area contributed by atoms with Gasteiger partial charge in [0.15, 0.2) is 0 Å². The predicted octanol–water partition coefficient (Wildman–Crippen LogP) is 3.41. The van der Waals surface area contributed by atoms with E-state index in [-0.39, 0.29) is 0 Å². The summed E-state index contributed by atoms with van der Waals surface area (Å²) in [5, 5.41) is 0. The van der Waals surface area contributed by atoms with Crippen LogP contribution in [0, 0.1) is 0 Å². The molecule has 4 heteroatoms. The normalized spacial score (nSPS) is 10.4. The van der Waals surface area contributed by atoms with E-state index in [1.54, 1.807) is 7.11 Å². The topological polar surface area (TPSA) is 37.9 Å². The van der Waals surface area contributed by atoms with Crippen molar-refractivity contribution in [1.82, 2.24) is 9.97 Å². The van der Waals surface area contributed by atoms with Gasteiger partial charge >= 0.3 is 0 Å². The zero-order valence-corrected chi connectivity index (χ0v) is 10.8. The molecule has 1 heterocycles. The number of aryl methyl sites for hydroxylation is 1. The van der Waals surface area contributed by atoms with Crippen LogP contribution in [-0.2, 0) is 6.42 Å². The summed E-state index contributed by atoms with van der Waals surface area (Å²) in [6.45, 7) is 2.08. The molecule has 0 atom stereocenters. The minimum atomic E-state index is 0.832. The highest BCUT2D eigenvalue weighted by Crippen LogP contribution is 2.29. The van der Waals surface area contributed by atoms with Crippen LogP contribution in [0.5, 0.6) is 5.75 Å². The highest BCUT2D eigenvalue weighted by Gasteiger charge is 2.05. The van der Waals surface area contributed by atoms with Gasteiger partial charge in [-0.3, -0.25) is 0 Å². The van der Waals surface area contributed by atoms with Crippen LogP contribution in [-0.4, -0.2) is 17.1 Å². The van der Waals surface area contributed by atoms with Crippen molar-refractivity contribution in [3.05, 3.63) is 34.7 Å². The summed E-state index contributed by atoms with van der Waals surface area (Å²) in [6.07, 6.45) is 2.77. The van der Waals surface area contributed by atoms with Crippen molar-refractivity contribution in [2.45, 2.75) is 13.3 Å². The quantitative estimate of drug-likeness (QED) is 0.936. The van der Waals surface area contributed by atoms with E-state index in [1.807, 2.05) is 24.4 Å². The third kappa shape index (κ3) is 2.11. The maximum atomic E-state index is 5.19. The Morgan fingerprint density at radius 2 is 2.25 bits per heavy atom. The first kappa shape index (κ1) is 11.2.